The highest BCUT2D eigenvalue weighted by atomic mass is 16.5. The van der Waals surface area contributed by atoms with Crippen LogP contribution in [0.25, 0.3) is 0 Å². The summed E-state index contributed by atoms with van der Waals surface area (Å²) in [5.74, 6) is 2.02. The second-order valence-corrected chi connectivity index (χ2v) is 4.63. The minimum atomic E-state index is 0.571. The molecule has 16 heavy (non-hydrogen) atoms. The van der Waals surface area contributed by atoms with Crippen molar-refractivity contribution in [3.05, 3.63) is 18.1 Å². The highest BCUT2D eigenvalue weighted by Gasteiger charge is 2.39. The topological polar surface area (TPSA) is 38.2 Å². The van der Waals surface area contributed by atoms with Gasteiger partial charge in [0.1, 0.15) is 0 Å². The lowest BCUT2D eigenvalue weighted by Crippen LogP contribution is -2.22. The number of ether oxygens (including phenoxy) is 1. The van der Waals surface area contributed by atoms with Crippen molar-refractivity contribution in [2.75, 3.05) is 26.2 Å². The predicted octanol–water partition coefficient (Wildman–Crippen LogP) is 1.29. The van der Waals surface area contributed by atoms with Gasteiger partial charge in [0.25, 0.3) is 0 Å². The fourth-order valence-corrected chi connectivity index (χ4v) is 2.88. The summed E-state index contributed by atoms with van der Waals surface area (Å²) in [7, 11) is 0. The van der Waals surface area contributed by atoms with E-state index in [4.69, 9.17) is 4.74 Å². The van der Waals surface area contributed by atoms with Crippen molar-refractivity contribution < 1.29 is 4.74 Å². The second-order valence-electron chi connectivity index (χ2n) is 4.63. The van der Waals surface area contributed by atoms with Crippen LogP contribution in [-0.2, 0) is 0 Å². The lowest BCUT2D eigenvalue weighted by atomic mass is 9.90. The van der Waals surface area contributed by atoms with Gasteiger partial charge >= 0.3 is 0 Å². The molecule has 86 valence electrons. The van der Waals surface area contributed by atoms with Crippen molar-refractivity contribution in [2.45, 2.75) is 19.3 Å². The first kappa shape index (κ1) is 10.0. The van der Waals surface area contributed by atoms with Crippen molar-refractivity contribution in [3.8, 4) is 5.88 Å². The maximum atomic E-state index is 5.40. The third-order valence-electron chi connectivity index (χ3n) is 3.64. The van der Waals surface area contributed by atoms with Crippen molar-refractivity contribution >= 4 is 0 Å². The van der Waals surface area contributed by atoms with Gasteiger partial charge in [-0.25, -0.2) is 4.98 Å². The van der Waals surface area contributed by atoms with Crippen LogP contribution in [0.1, 0.15) is 25.0 Å². The average Bonchev–Trinajstić information content (AvgIpc) is 2.91. The molecule has 1 unspecified atom stereocenters. The number of aromatic nitrogens is 2. The molecule has 2 fully saturated rings. The Morgan fingerprint density at radius 1 is 1.44 bits per heavy atom. The number of fused-ring (bicyclic) bond motifs is 2. The van der Waals surface area contributed by atoms with E-state index >= 15 is 0 Å². The van der Waals surface area contributed by atoms with Crippen LogP contribution in [0.3, 0.4) is 0 Å². The molecule has 4 nitrogen and oxygen atoms in total. The summed E-state index contributed by atoms with van der Waals surface area (Å²) < 4.78 is 5.40. The van der Waals surface area contributed by atoms with Crippen LogP contribution < -0.4 is 4.74 Å². The zero-order valence-corrected chi connectivity index (χ0v) is 9.59. The molecule has 0 spiro atoms. The molecule has 1 aromatic heterocycles. The van der Waals surface area contributed by atoms with E-state index in [1.807, 2.05) is 13.1 Å². The summed E-state index contributed by atoms with van der Waals surface area (Å²) >= 11 is 0. The summed E-state index contributed by atoms with van der Waals surface area (Å²) in [6, 6.07) is 0. The quantitative estimate of drug-likeness (QED) is 0.768. The summed E-state index contributed by atoms with van der Waals surface area (Å²) in [5.41, 5.74) is 1.11. The summed E-state index contributed by atoms with van der Waals surface area (Å²) in [6.07, 6.45) is 4.90. The van der Waals surface area contributed by atoms with Gasteiger partial charge < -0.3 is 9.64 Å². The van der Waals surface area contributed by atoms with Gasteiger partial charge in [0.15, 0.2) is 0 Å². The monoisotopic (exact) mass is 219 g/mol. The molecule has 0 saturated carbocycles. The van der Waals surface area contributed by atoms with Gasteiger partial charge in [-0.2, -0.15) is 0 Å². The Labute approximate surface area is 95.7 Å². The minimum Gasteiger partial charge on any atom is -0.477 e. The number of piperidine rings is 1. The first-order valence-corrected chi connectivity index (χ1v) is 6.04. The van der Waals surface area contributed by atoms with Gasteiger partial charge in [0.2, 0.25) is 5.88 Å². The van der Waals surface area contributed by atoms with Crippen molar-refractivity contribution in [1.29, 1.82) is 0 Å². The van der Waals surface area contributed by atoms with E-state index in [1.54, 1.807) is 6.20 Å². The van der Waals surface area contributed by atoms with E-state index in [9.17, 15) is 0 Å². The molecular formula is C12H17N3O. The Kier molecular flexibility index (Phi) is 2.52. The van der Waals surface area contributed by atoms with Crippen LogP contribution in [0.4, 0.5) is 0 Å². The standard InChI is InChI=1S/C12H17N3O/c1-2-16-12-6-13-5-11(14-12)10-8-15-4-3-9(10)7-15/h5-6,9-10H,2-4,7-8H2,1H3/t9-,10-/m1/s1. The SMILES string of the molecule is CCOc1cncc([C@@H]2CN3CC[C@@H]2C3)n1. The van der Waals surface area contributed by atoms with Crippen LogP contribution in [0.2, 0.25) is 0 Å². The lowest BCUT2D eigenvalue weighted by molar-refractivity contribution is 0.317. The molecule has 0 amide bonds. The lowest BCUT2D eigenvalue weighted by Gasteiger charge is -2.21. The Hall–Kier alpha value is -1.16. The third-order valence-corrected chi connectivity index (χ3v) is 3.64. The molecule has 0 radical (unpaired) electrons. The number of hydrogen-bond acceptors (Lipinski definition) is 4. The number of rotatable bonds is 3. The van der Waals surface area contributed by atoms with E-state index in [0.717, 1.165) is 18.2 Å². The van der Waals surface area contributed by atoms with Crippen LogP contribution in [-0.4, -0.2) is 41.1 Å². The van der Waals surface area contributed by atoms with E-state index in [0.29, 0.717) is 18.4 Å². The van der Waals surface area contributed by atoms with Gasteiger partial charge in [-0.05, 0) is 25.8 Å². The zero-order valence-electron chi connectivity index (χ0n) is 9.59. The van der Waals surface area contributed by atoms with Gasteiger partial charge in [0.05, 0.1) is 18.5 Å². The Balaban J connectivity index is 1.81. The molecule has 2 aliphatic heterocycles. The normalized spacial score (nSPS) is 31.9. The first-order valence-electron chi connectivity index (χ1n) is 6.04. The second kappa shape index (κ2) is 4.01. The zero-order chi connectivity index (χ0) is 11.0. The van der Waals surface area contributed by atoms with E-state index < -0.39 is 0 Å². The molecule has 3 atom stereocenters. The molecular weight excluding hydrogens is 202 g/mol. The average molecular weight is 219 g/mol. The van der Waals surface area contributed by atoms with Gasteiger partial charge in [-0.3, -0.25) is 4.98 Å². The molecule has 3 heterocycles. The first-order chi connectivity index (χ1) is 7.86. The van der Waals surface area contributed by atoms with Gasteiger partial charge in [0, 0.05) is 25.2 Å². The molecule has 2 saturated heterocycles. The maximum absolute atomic E-state index is 5.40. The predicted molar refractivity (Wildman–Crippen MR) is 60.5 cm³/mol. The van der Waals surface area contributed by atoms with Crippen molar-refractivity contribution in [1.82, 2.24) is 14.9 Å². The molecule has 0 N–H and O–H groups in total. The van der Waals surface area contributed by atoms with Crippen LogP contribution in [0.15, 0.2) is 12.4 Å². The highest BCUT2D eigenvalue weighted by Crippen LogP contribution is 2.38. The smallest absolute Gasteiger partial charge is 0.232 e. The van der Waals surface area contributed by atoms with E-state index in [2.05, 4.69) is 14.9 Å². The number of hydrogen-bond donors (Lipinski definition) is 0. The fraction of sp³-hybridized carbons (Fsp3) is 0.667. The van der Waals surface area contributed by atoms with Crippen LogP contribution in [0.5, 0.6) is 5.88 Å². The maximum Gasteiger partial charge on any atom is 0.232 e. The molecule has 1 aromatic rings. The molecule has 2 aliphatic rings. The number of nitrogens with zero attached hydrogens (tertiary/aromatic N) is 3. The van der Waals surface area contributed by atoms with Gasteiger partial charge in [-0.1, -0.05) is 0 Å². The Morgan fingerprint density at radius 2 is 2.38 bits per heavy atom. The summed E-state index contributed by atoms with van der Waals surface area (Å²) in [6.45, 7) is 6.27. The summed E-state index contributed by atoms with van der Waals surface area (Å²) in [4.78, 5) is 11.3. The van der Waals surface area contributed by atoms with Crippen molar-refractivity contribution in [3.63, 3.8) is 0 Å². The Bertz CT molecular complexity index is 382. The largest absolute Gasteiger partial charge is 0.477 e. The van der Waals surface area contributed by atoms with Crippen LogP contribution >= 0.6 is 0 Å². The fourth-order valence-electron chi connectivity index (χ4n) is 2.88. The van der Waals surface area contributed by atoms with Crippen molar-refractivity contribution in [2.24, 2.45) is 5.92 Å². The molecule has 0 aromatic carbocycles. The van der Waals surface area contributed by atoms with E-state index in [1.165, 1.54) is 19.5 Å². The highest BCUT2D eigenvalue weighted by molar-refractivity contribution is 5.16. The minimum absolute atomic E-state index is 0.571. The van der Waals surface area contributed by atoms with E-state index in [-0.39, 0.29) is 0 Å². The van der Waals surface area contributed by atoms with Crippen LogP contribution in [0, 0.1) is 5.92 Å². The molecule has 2 bridgehead atoms. The molecule has 3 rings (SSSR count). The molecule has 4 heteroatoms. The summed E-state index contributed by atoms with van der Waals surface area (Å²) in [5, 5.41) is 0. The third kappa shape index (κ3) is 1.67. The van der Waals surface area contributed by atoms with Gasteiger partial charge in [-0.15, -0.1) is 0 Å². The Morgan fingerprint density at radius 3 is 3.06 bits per heavy atom. The molecule has 0 aliphatic carbocycles.